The highest BCUT2D eigenvalue weighted by atomic mass is 15.7. The SMILES string of the molecule is CN=C(N)N=C(N)N(c1ccccc1)N1CCCCC1. The molecule has 1 heterocycles. The standard InChI is InChI=1S/C14H22N6/c1-17-13(15)18-14(16)20(12-8-4-2-5-9-12)19-10-6-3-7-11-19/h2,4-5,8-9H,3,6-7,10-11H2,1H3,(H4,15,16,17,18). The maximum Gasteiger partial charge on any atom is 0.218 e. The van der Waals surface area contributed by atoms with Crippen molar-refractivity contribution in [3.05, 3.63) is 30.3 Å². The van der Waals surface area contributed by atoms with Gasteiger partial charge in [0.05, 0.1) is 5.69 Å². The van der Waals surface area contributed by atoms with Gasteiger partial charge in [0.25, 0.3) is 0 Å². The van der Waals surface area contributed by atoms with Crippen LogP contribution >= 0.6 is 0 Å². The lowest BCUT2D eigenvalue weighted by molar-refractivity contribution is 0.236. The van der Waals surface area contributed by atoms with Gasteiger partial charge in [-0.25, -0.2) is 10.0 Å². The first-order valence-corrected chi connectivity index (χ1v) is 6.89. The molecule has 1 saturated heterocycles. The summed E-state index contributed by atoms with van der Waals surface area (Å²) in [6, 6.07) is 9.97. The Morgan fingerprint density at radius 1 is 1.10 bits per heavy atom. The van der Waals surface area contributed by atoms with Gasteiger partial charge in [-0.3, -0.25) is 4.99 Å². The van der Waals surface area contributed by atoms with E-state index in [2.05, 4.69) is 15.0 Å². The number of guanidine groups is 2. The van der Waals surface area contributed by atoms with Gasteiger partial charge in [0.1, 0.15) is 0 Å². The van der Waals surface area contributed by atoms with Crippen LogP contribution in [-0.2, 0) is 0 Å². The van der Waals surface area contributed by atoms with E-state index in [1.165, 1.54) is 6.42 Å². The molecule has 1 aliphatic heterocycles. The topological polar surface area (TPSA) is 83.2 Å². The van der Waals surface area contributed by atoms with Gasteiger partial charge in [-0.2, -0.15) is 4.99 Å². The molecule has 1 aromatic rings. The van der Waals surface area contributed by atoms with Gasteiger partial charge in [-0.05, 0) is 25.0 Å². The average Bonchev–Trinajstić information content (AvgIpc) is 2.49. The molecule has 1 fully saturated rings. The van der Waals surface area contributed by atoms with Crippen molar-refractivity contribution in [2.75, 3.05) is 25.1 Å². The summed E-state index contributed by atoms with van der Waals surface area (Å²) in [5.41, 5.74) is 12.8. The number of anilines is 1. The summed E-state index contributed by atoms with van der Waals surface area (Å²) in [7, 11) is 1.60. The lowest BCUT2D eigenvalue weighted by Crippen LogP contribution is -2.52. The molecule has 2 rings (SSSR count). The second kappa shape index (κ2) is 6.91. The van der Waals surface area contributed by atoms with Gasteiger partial charge in [0.2, 0.25) is 11.9 Å². The molecule has 0 aromatic heterocycles. The lowest BCUT2D eigenvalue weighted by atomic mass is 10.1. The fraction of sp³-hybridized carbons (Fsp3) is 0.429. The summed E-state index contributed by atoms with van der Waals surface area (Å²) in [6.07, 6.45) is 3.58. The largest absolute Gasteiger partial charge is 0.368 e. The Morgan fingerprint density at radius 3 is 2.35 bits per heavy atom. The van der Waals surface area contributed by atoms with Crippen molar-refractivity contribution in [1.29, 1.82) is 0 Å². The number of aliphatic imine (C=N–C) groups is 2. The molecule has 4 N–H and O–H groups in total. The number of hydrazine groups is 1. The van der Waals surface area contributed by atoms with Crippen LogP contribution in [0.2, 0.25) is 0 Å². The van der Waals surface area contributed by atoms with E-state index in [1.807, 2.05) is 35.3 Å². The van der Waals surface area contributed by atoms with Crippen molar-refractivity contribution in [2.24, 2.45) is 21.5 Å². The quantitative estimate of drug-likeness (QED) is 0.626. The van der Waals surface area contributed by atoms with Gasteiger partial charge in [0, 0.05) is 20.1 Å². The van der Waals surface area contributed by atoms with Crippen LogP contribution in [0, 0.1) is 0 Å². The van der Waals surface area contributed by atoms with Gasteiger partial charge in [-0.15, -0.1) is 0 Å². The van der Waals surface area contributed by atoms with E-state index < -0.39 is 0 Å². The van der Waals surface area contributed by atoms with E-state index in [4.69, 9.17) is 11.5 Å². The fourth-order valence-electron chi connectivity index (χ4n) is 2.30. The van der Waals surface area contributed by atoms with Crippen LogP contribution in [-0.4, -0.2) is 37.1 Å². The number of hydrogen-bond acceptors (Lipinski definition) is 2. The molecular weight excluding hydrogens is 252 g/mol. The summed E-state index contributed by atoms with van der Waals surface area (Å²) < 4.78 is 0. The van der Waals surface area contributed by atoms with E-state index in [0.717, 1.165) is 31.6 Å². The molecule has 6 nitrogen and oxygen atoms in total. The molecule has 1 aromatic carbocycles. The van der Waals surface area contributed by atoms with Crippen LogP contribution in [0.15, 0.2) is 40.3 Å². The summed E-state index contributed by atoms with van der Waals surface area (Å²) in [4.78, 5) is 7.99. The highest BCUT2D eigenvalue weighted by Crippen LogP contribution is 2.19. The Labute approximate surface area is 119 Å². The van der Waals surface area contributed by atoms with Gasteiger partial charge in [-0.1, -0.05) is 24.6 Å². The molecule has 0 unspecified atom stereocenters. The molecule has 108 valence electrons. The van der Waals surface area contributed by atoms with Gasteiger partial charge >= 0.3 is 0 Å². The molecule has 0 amide bonds. The molecule has 6 heteroatoms. The van der Waals surface area contributed by atoms with Crippen molar-refractivity contribution >= 4 is 17.6 Å². The number of piperidine rings is 1. The highest BCUT2D eigenvalue weighted by molar-refractivity contribution is 6.01. The van der Waals surface area contributed by atoms with E-state index in [-0.39, 0.29) is 5.96 Å². The number of hydrogen-bond donors (Lipinski definition) is 2. The minimum Gasteiger partial charge on any atom is -0.368 e. The predicted octanol–water partition coefficient (Wildman–Crippen LogP) is 1.15. The monoisotopic (exact) mass is 274 g/mol. The lowest BCUT2D eigenvalue weighted by Gasteiger charge is -2.37. The summed E-state index contributed by atoms with van der Waals surface area (Å²) in [6.45, 7) is 1.93. The number of nitrogens with zero attached hydrogens (tertiary/aromatic N) is 4. The summed E-state index contributed by atoms with van der Waals surface area (Å²) in [5.74, 6) is 0.529. The highest BCUT2D eigenvalue weighted by Gasteiger charge is 2.21. The molecule has 0 saturated carbocycles. The Bertz CT molecular complexity index is 476. The number of para-hydroxylation sites is 1. The summed E-state index contributed by atoms with van der Waals surface area (Å²) >= 11 is 0. The smallest absolute Gasteiger partial charge is 0.218 e. The first-order valence-electron chi connectivity index (χ1n) is 6.89. The average molecular weight is 274 g/mol. The van der Waals surface area contributed by atoms with E-state index >= 15 is 0 Å². The van der Waals surface area contributed by atoms with Crippen LogP contribution in [0.4, 0.5) is 5.69 Å². The molecule has 1 aliphatic rings. The van der Waals surface area contributed by atoms with Crippen LogP contribution in [0.25, 0.3) is 0 Å². The maximum atomic E-state index is 6.13. The van der Waals surface area contributed by atoms with Crippen molar-refractivity contribution in [3.8, 4) is 0 Å². The number of nitrogens with two attached hydrogens (primary N) is 2. The third-order valence-electron chi connectivity index (χ3n) is 3.29. The number of benzene rings is 1. The summed E-state index contributed by atoms with van der Waals surface area (Å²) in [5, 5.41) is 4.14. The third-order valence-corrected chi connectivity index (χ3v) is 3.29. The minimum atomic E-state index is 0.181. The van der Waals surface area contributed by atoms with Crippen molar-refractivity contribution in [2.45, 2.75) is 19.3 Å². The number of rotatable bonds is 2. The first kappa shape index (κ1) is 14.3. The van der Waals surface area contributed by atoms with Crippen LogP contribution in [0.1, 0.15) is 19.3 Å². The Balaban J connectivity index is 2.31. The Hall–Kier alpha value is -2.08. The van der Waals surface area contributed by atoms with Crippen molar-refractivity contribution < 1.29 is 0 Å². The zero-order valence-corrected chi connectivity index (χ0v) is 11.9. The van der Waals surface area contributed by atoms with Crippen molar-refractivity contribution in [3.63, 3.8) is 0 Å². The fourth-order valence-corrected chi connectivity index (χ4v) is 2.30. The molecule has 0 radical (unpaired) electrons. The molecule has 0 aliphatic carbocycles. The molecule has 0 bridgehead atoms. The van der Waals surface area contributed by atoms with E-state index in [9.17, 15) is 0 Å². The minimum absolute atomic E-state index is 0.181. The molecule has 0 atom stereocenters. The van der Waals surface area contributed by atoms with Gasteiger partial charge in [0.15, 0.2) is 0 Å². The Morgan fingerprint density at radius 2 is 1.75 bits per heavy atom. The molecular formula is C14H22N6. The zero-order valence-electron chi connectivity index (χ0n) is 11.9. The molecule has 0 spiro atoms. The normalized spacial score (nSPS) is 18.1. The van der Waals surface area contributed by atoms with Crippen LogP contribution in [0.3, 0.4) is 0 Å². The third kappa shape index (κ3) is 3.48. The Kier molecular flexibility index (Phi) is 4.95. The van der Waals surface area contributed by atoms with Crippen LogP contribution in [0.5, 0.6) is 0 Å². The van der Waals surface area contributed by atoms with Crippen molar-refractivity contribution in [1.82, 2.24) is 5.01 Å². The second-order valence-electron chi connectivity index (χ2n) is 4.71. The zero-order chi connectivity index (χ0) is 14.4. The van der Waals surface area contributed by atoms with Gasteiger partial charge < -0.3 is 11.5 Å². The van der Waals surface area contributed by atoms with E-state index in [0.29, 0.717) is 5.96 Å². The second-order valence-corrected chi connectivity index (χ2v) is 4.71. The molecule has 20 heavy (non-hydrogen) atoms. The maximum absolute atomic E-state index is 6.13. The van der Waals surface area contributed by atoms with Crippen LogP contribution < -0.4 is 16.5 Å². The predicted molar refractivity (Wildman–Crippen MR) is 83.5 cm³/mol. The van der Waals surface area contributed by atoms with E-state index in [1.54, 1.807) is 7.05 Å². The first-order chi connectivity index (χ1) is 9.72.